The summed E-state index contributed by atoms with van der Waals surface area (Å²) in [4.78, 5) is 28.8. The molecule has 2 amide bonds. The number of amides is 2. The summed E-state index contributed by atoms with van der Waals surface area (Å²) >= 11 is 6.89. The van der Waals surface area contributed by atoms with Gasteiger partial charge in [-0.2, -0.15) is 0 Å². The zero-order chi connectivity index (χ0) is 23.2. The van der Waals surface area contributed by atoms with Gasteiger partial charge in [0.05, 0.1) is 17.1 Å². The Kier molecular flexibility index (Phi) is 6.96. The summed E-state index contributed by atoms with van der Waals surface area (Å²) in [6.45, 7) is 0. The third-order valence-electron chi connectivity index (χ3n) is 4.23. The van der Waals surface area contributed by atoms with Gasteiger partial charge in [0.2, 0.25) is 11.8 Å². The highest BCUT2D eigenvalue weighted by atomic mass is 35.5. The van der Waals surface area contributed by atoms with Crippen molar-refractivity contribution < 1.29 is 18.4 Å². The van der Waals surface area contributed by atoms with Crippen molar-refractivity contribution in [2.24, 2.45) is 0 Å². The number of carbonyl (C=O) groups is 2. The highest BCUT2D eigenvalue weighted by molar-refractivity contribution is 7.99. The molecular formula is C22H15ClFN5O3S. The summed E-state index contributed by atoms with van der Waals surface area (Å²) in [6, 6.07) is 15.4. The number of hydrogen-bond donors (Lipinski definition) is 2. The number of nitrogens with zero attached hydrogens (tertiary/aromatic N) is 3. The molecule has 0 radical (unpaired) electrons. The van der Waals surface area contributed by atoms with Gasteiger partial charge >= 0.3 is 0 Å². The first-order valence-corrected chi connectivity index (χ1v) is 10.9. The average molecular weight is 484 g/mol. The van der Waals surface area contributed by atoms with Gasteiger partial charge in [0.15, 0.2) is 0 Å². The van der Waals surface area contributed by atoms with Crippen LogP contribution in [-0.4, -0.2) is 32.7 Å². The van der Waals surface area contributed by atoms with Crippen LogP contribution in [-0.2, 0) is 4.79 Å². The number of carbonyl (C=O) groups excluding carboxylic acids is 2. The fraction of sp³-hybridized carbons (Fsp3) is 0.0455. The van der Waals surface area contributed by atoms with Gasteiger partial charge in [-0.15, -0.1) is 10.2 Å². The Labute approximate surface area is 196 Å². The van der Waals surface area contributed by atoms with Crippen molar-refractivity contribution in [3.8, 4) is 11.5 Å². The van der Waals surface area contributed by atoms with Crippen LogP contribution in [0.4, 0.5) is 15.8 Å². The predicted molar refractivity (Wildman–Crippen MR) is 123 cm³/mol. The molecule has 0 saturated carbocycles. The minimum absolute atomic E-state index is 0.0770. The van der Waals surface area contributed by atoms with Gasteiger partial charge in [0, 0.05) is 16.8 Å². The minimum Gasteiger partial charge on any atom is -0.411 e. The Balaban J connectivity index is 1.39. The first kappa shape index (κ1) is 22.4. The van der Waals surface area contributed by atoms with E-state index < -0.39 is 17.6 Å². The molecule has 4 rings (SSSR count). The van der Waals surface area contributed by atoms with Crippen molar-refractivity contribution in [2.45, 2.75) is 5.22 Å². The summed E-state index contributed by atoms with van der Waals surface area (Å²) in [7, 11) is 0. The Morgan fingerprint density at radius 1 is 1.00 bits per heavy atom. The van der Waals surface area contributed by atoms with Crippen molar-refractivity contribution in [3.05, 3.63) is 83.4 Å². The zero-order valence-corrected chi connectivity index (χ0v) is 18.4. The van der Waals surface area contributed by atoms with E-state index in [-0.39, 0.29) is 28.0 Å². The molecule has 33 heavy (non-hydrogen) atoms. The highest BCUT2D eigenvalue weighted by Crippen LogP contribution is 2.26. The first-order chi connectivity index (χ1) is 16.0. The molecule has 4 aromatic rings. The van der Waals surface area contributed by atoms with Crippen LogP contribution in [0.5, 0.6) is 0 Å². The maximum absolute atomic E-state index is 13.8. The van der Waals surface area contributed by atoms with Crippen molar-refractivity contribution in [1.29, 1.82) is 0 Å². The number of hydrogen-bond acceptors (Lipinski definition) is 7. The molecule has 0 saturated heterocycles. The van der Waals surface area contributed by atoms with Crippen LogP contribution < -0.4 is 10.6 Å². The Morgan fingerprint density at radius 2 is 1.82 bits per heavy atom. The number of rotatable bonds is 7. The molecule has 2 heterocycles. The fourth-order valence-electron chi connectivity index (χ4n) is 2.70. The number of aromatic nitrogens is 3. The lowest BCUT2D eigenvalue weighted by molar-refractivity contribution is -0.113. The summed E-state index contributed by atoms with van der Waals surface area (Å²) in [5.41, 5.74) is 1.21. The standard InChI is InChI=1S/C22H15ClFN5O3S/c23-14-6-4-13(5-7-14)21-28-29-22(32-21)33-12-19(30)26-18-11-15(24)8-9-16(18)27-20(31)17-3-1-2-10-25-17/h1-11H,12H2,(H,26,30)(H,27,31). The largest absolute Gasteiger partial charge is 0.411 e. The first-order valence-electron chi connectivity index (χ1n) is 9.52. The topological polar surface area (TPSA) is 110 Å². The number of benzene rings is 2. The molecule has 0 spiro atoms. The number of anilines is 2. The quantitative estimate of drug-likeness (QED) is 0.359. The summed E-state index contributed by atoms with van der Waals surface area (Å²) in [6.07, 6.45) is 1.48. The molecule has 0 fully saturated rings. The minimum atomic E-state index is -0.571. The van der Waals surface area contributed by atoms with E-state index in [2.05, 4.69) is 25.8 Å². The van der Waals surface area contributed by atoms with E-state index in [0.29, 0.717) is 16.5 Å². The number of pyridine rings is 1. The molecule has 2 aromatic carbocycles. The van der Waals surface area contributed by atoms with Crippen molar-refractivity contribution >= 4 is 46.6 Å². The zero-order valence-electron chi connectivity index (χ0n) is 16.8. The lowest BCUT2D eigenvalue weighted by atomic mass is 10.2. The summed E-state index contributed by atoms with van der Waals surface area (Å²) in [5, 5.41) is 13.8. The third kappa shape index (κ3) is 5.93. The van der Waals surface area contributed by atoms with Gasteiger partial charge in [-0.25, -0.2) is 4.39 Å². The average Bonchev–Trinajstić information content (AvgIpc) is 3.29. The van der Waals surface area contributed by atoms with Crippen LogP contribution in [0.15, 0.2) is 76.5 Å². The molecule has 0 unspecified atom stereocenters. The molecule has 0 aliphatic heterocycles. The van der Waals surface area contributed by atoms with Gasteiger partial charge in [-0.3, -0.25) is 14.6 Å². The Morgan fingerprint density at radius 3 is 2.58 bits per heavy atom. The van der Waals surface area contributed by atoms with Crippen LogP contribution in [0.25, 0.3) is 11.5 Å². The van der Waals surface area contributed by atoms with Gasteiger partial charge in [0.25, 0.3) is 11.1 Å². The molecule has 0 atom stereocenters. The van der Waals surface area contributed by atoms with Crippen LogP contribution in [0.2, 0.25) is 5.02 Å². The molecule has 11 heteroatoms. The number of thioether (sulfide) groups is 1. The van der Waals surface area contributed by atoms with Gasteiger partial charge in [-0.1, -0.05) is 29.4 Å². The van der Waals surface area contributed by atoms with E-state index in [9.17, 15) is 14.0 Å². The second-order valence-corrected chi connectivity index (χ2v) is 7.94. The van der Waals surface area contributed by atoms with E-state index in [1.807, 2.05) is 0 Å². The summed E-state index contributed by atoms with van der Waals surface area (Å²) < 4.78 is 19.3. The lowest BCUT2D eigenvalue weighted by Crippen LogP contribution is -2.18. The molecule has 0 bridgehead atoms. The third-order valence-corrected chi connectivity index (χ3v) is 5.30. The molecular weight excluding hydrogens is 469 g/mol. The van der Waals surface area contributed by atoms with Crippen LogP contribution in [0, 0.1) is 5.82 Å². The Bertz CT molecular complexity index is 1280. The monoisotopic (exact) mass is 483 g/mol. The van der Waals surface area contributed by atoms with E-state index in [1.165, 1.54) is 24.4 Å². The second kappa shape index (κ2) is 10.2. The normalized spacial score (nSPS) is 10.6. The molecule has 2 N–H and O–H groups in total. The van der Waals surface area contributed by atoms with Crippen LogP contribution in [0.3, 0.4) is 0 Å². The maximum atomic E-state index is 13.8. The highest BCUT2D eigenvalue weighted by Gasteiger charge is 2.15. The molecule has 0 aliphatic carbocycles. The van der Waals surface area contributed by atoms with Crippen molar-refractivity contribution in [2.75, 3.05) is 16.4 Å². The molecule has 8 nitrogen and oxygen atoms in total. The molecule has 166 valence electrons. The number of nitrogens with one attached hydrogen (secondary N) is 2. The van der Waals surface area contributed by atoms with E-state index in [0.717, 1.165) is 17.8 Å². The number of halogens is 2. The van der Waals surface area contributed by atoms with E-state index in [4.69, 9.17) is 16.0 Å². The van der Waals surface area contributed by atoms with E-state index >= 15 is 0 Å². The van der Waals surface area contributed by atoms with Gasteiger partial charge in [0.1, 0.15) is 11.5 Å². The smallest absolute Gasteiger partial charge is 0.277 e. The second-order valence-electron chi connectivity index (χ2n) is 6.58. The van der Waals surface area contributed by atoms with Gasteiger partial charge < -0.3 is 15.1 Å². The maximum Gasteiger partial charge on any atom is 0.277 e. The SMILES string of the molecule is O=C(CSc1nnc(-c2ccc(Cl)cc2)o1)Nc1cc(F)ccc1NC(=O)c1ccccn1. The fourth-order valence-corrected chi connectivity index (χ4v) is 3.39. The van der Waals surface area contributed by atoms with Crippen molar-refractivity contribution in [1.82, 2.24) is 15.2 Å². The van der Waals surface area contributed by atoms with Gasteiger partial charge in [-0.05, 0) is 54.6 Å². The van der Waals surface area contributed by atoms with E-state index in [1.54, 1.807) is 36.4 Å². The van der Waals surface area contributed by atoms with Crippen molar-refractivity contribution in [3.63, 3.8) is 0 Å². The predicted octanol–water partition coefficient (Wildman–Crippen LogP) is 4.91. The summed E-state index contributed by atoms with van der Waals surface area (Å²) in [5.74, 6) is -1.30. The van der Waals surface area contributed by atoms with Crippen LogP contribution >= 0.6 is 23.4 Å². The molecule has 0 aliphatic rings. The lowest BCUT2D eigenvalue weighted by Gasteiger charge is -2.12. The Hall–Kier alpha value is -3.76. The molecule has 2 aromatic heterocycles. The van der Waals surface area contributed by atoms with Crippen LogP contribution in [0.1, 0.15) is 10.5 Å².